The van der Waals surface area contributed by atoms with Crippen molar-refractivity contribution in [2.75, 3.05) is 27.9 Å². The summed E-state index contributed by atoms with van der Waals surface area (Å²) in [4.78, 5) is 34.8. The molecule has 0 unspecified atom stereocenters. The molecule has 0 aliphatic rings. The molecule has 2 aromatic carbocycles. The normalized spacial score (nSPS) is 11.2. The van der Waals surface area contributed by atoms with E-state index in [2.05, 4.69) is 5.32 Å². The number of carbonyl (C=O) groups excluding carboxylic acids is 2. The van der Waals surface area contributed by atoms with Crippen LogP contribution in [0.2, 0.25) is 0 Å². The van der Waals surface area contributed by atoms with Crippen LogP contribution in [0.25, 0.3) is 0 Å². The van der Waals surface area contributed by atoms with Crippen molar-refractivity contribution in [3.63, 3.8) is 0 Å². The van der Waals surface area contributed by atoms with Crippen LogP contribution in [0.1, 0.15) is 28.9 Å². The van der Waals surface area contributed by atoms with E-state index in [0.29, 0.717) is 17.1 Å². The predicted molar refractivity (Wildman–Crippen MR) is 106 cm³/mol. The summed E-state index contributed by atoms with van der Waals surface area (Å²) in [5, 5.41) is 13.8. The van der Waals surface area contributed by atoms with Crippen molar-refractivity contribution in [3.05, 3.63) is 57.6 Å². The van der Waals surface area contributed by atoms with E-state index in [-0.39, 0.29) is 17.0 Å². The number of carbonyl (C=O) groups is 2. The second kappa shape index (κ2) is 10.1. The second-order valence-electron chi connectivity index (χ2n) is 6.12. The smallest absolute Gasteiger partial charge is 0.338 e. The fraction of sp³-hybridized carbons (Fsp3) is 0.300. The average molecular weight is 418 g/mol. The van der Waals surface area contributed by atoms with Gasteiger partial charge in [-0.3, -0.25) is 14.9 Å². The minimum Gasteiger partial charge on any atom is -0.497 e. The van der Waals surface area contributed by atoms with Crippen LogP contribution in [0.3, 0.4) is 0 Å². The zero-order chi connectivity index (χ0) is 22.3. The fourth-order valence-electron chi connectivity index (χ4n) is 2.71. The highest BCUT2D eigenvalue weighted by Gasteiger charge is 2.20. The molecule has 0 aliphatic heterocycles. The first-order valence-electron chi connectivity index (χ1n) is 8.81. The van der Waals surface area contributed by atoms with E-state index in [4.69, 9.17) is 18.9 Å². The van der Waals surface area contributed by atoms with E-state index in [9.17, 15) is 19.7 Å². The Morgan fingerprint density at radius 2 is 1.70 bits per heavy atom. The number of nitro groups is 1. The largest absolute Gasteiger partial charge is 0.497 e. The highest BCUT2D eigenvalue weighted by Crippen LogP contribution is 2.29. The third-order valence-corrected chi connectivity index (χ3v) is 4.23. The van der Waals surface area contributed by atoms with Gasteiger partial charge >= 0.3 is 11.7 Å². The van der Waals surface area contributed by atoms with Gasteiger partial charge in [-0.2, -0.15) is 0 Å². The Kier molecular flexibility index (Phi) is 7.56. The van der Waals surface area contributed by atoms with E-state index < -0.39 is 29.4 Å². The van der Waals surface area contributed by atoms with Gasteiger partial charge in [-0.1, -0.05) is 0 Å². The molecule has 0 spiro atoms. The van der Waals surface area contributed by atoms with Gasteiger partial charge in [0, 0.05) is 11.6 Å². The first kappa shape index (κ1) is 22.5. The molecule has 1 N–H and O–H groups in total. The van der Waals surface area contributed by atoms with Gasteiger partial charge in [0.1, 0.15) is 11.5 Å². The van der Waals surface area contributed by atoms with Gasteiger partial charge in [0.2, 0.25) is 0 Å². The van der Waals surface area contributed by atoms with Crippen molar-refractivity contribution >= 4 is 17.6 Å². The summed E-state index contributed by atoms with van der Waals surface area (Å²) in [6.07, 6.45) is 0. The zero-order valence-corrected chi connectivity index (χ0v) is 17.0. The lowest BCUT2D eigenvalue weighted by Crippen LogP contribution is -2.31. The standard InChI is InChI=1S/C20H22N2O8/c1-12(15-10-14(27-2)6-8-17(15)28-3)21-19(23)11-30-20(24)13-5-7-18(29-4)16(9-13)22(25)26/h5-10,12H,11H2,1-4H3,(H,21,23)/t12-/m1/s1. The number of nitro benzene ring substituents is 1. The van der Waals surface area contributed by atoms with Crippen molar-refractivity contribution < 1.29 is 33.5 Å². The van der Waals surface area contributed by atoms with E-state index in [0.717, 1.165) is 6.07 Å². The van der Waals surface area contributed by atoms with Crippen LogP contribution in [0, 0.1) is 10.1 Å². The van der Waals surface area contributed by atoms with Crippen molar-refractivity contribution in [1.29, 1.82) is 0 Å². The van der Waals surface area contributed by atoms with E-state index in [1.165, 1.54) is 33.5 Å². The molecule has 1 atom stereocenters. The van der Waals surface area contributed by atoms with Crippen molar-refractivity contribution in [3.8, 4) is 17.2 Å². The number of hydrogen-bond acceptors (Lipinski definition) is 8. The molecule has 0 fully saturated rings. The fourth-order valence-corrected chi connectivity index (χ4v) is 2.71. The molecule has 0 radical (unpaired) electrons. The van der Waals surface area contributed by atoms with Crippen LogP contribution < -0.4 is 19.5 Å². The Bertz CT molecular complexity index is 944. The number of ether oxygens (including phenoxy) is 4. The molecule has 10 heteroatoms. The summed E-state index contributed by atoms with van der Waals surface area (Å²) in [5.41, 5.74) is 0.232. The number of nitrogens with zero attached hydrogens (tertiary/aromatic N) is 1. The maximum absolute atomic E-state index is 12.2. The van der Waals surface area contributed by atoms with Gasteiger partial charge in [0.15, 0.2) is 12.4 Å². The van der Waals surface area contributed by atoms with E-state index >= 15 is 0 Å². The Morgan fingerprint density at radius 1 is 1.03 bits per heavy atom. The van der Waals surface area contributed by atoms with Crippen molar-refractivity contribution in [2.24, 2.45) is 0 Å². The lowest BCUT2D eigenvalue weighted by atomic mass is 10.1. The maximum Gasteiger partial charge on any atom is 0.338 e. The molecular formula is C20H22N2O8. The molecule has 10 nitrogen and oxygen atoms in total. The summed E-state index contributed by atoms with van der Waals surface area (Å²) in [6.45, 7) is 1.18. The lowest BCUT2D eigenvalue weighted by Gasteiger charge is -2.18. The summed E-state index contributed by atoms with van der Waals surface area (Å²) in [7, 11) is 4.32. The highest BCUT2D eigenvalue weighted by atomic mass is 16.6. The summed E-state index contributed by atoms with van der Waals surface area (Å²) in [5.74, 6) is -0.257. The monoisotopic (exact) mass is 418 g/mol. The van der Waals surface area contributed by atoms with Crippen LogP contribution in [0.4, 0.5) is 5.69 Å². The lowest BCUT2D eigenvalue weighted by molar-refractivity contribution is -0.385. The Hall–Kier alpha value is -3.82. The number of rotatable bonds is 9. The van der Waals surface area contributed by atoms with Crippen LogP contribution >= 0.6 is 0 Å². The maximum atomic E-state index is 12.2. The van der Waals surface area contributed by atoms with Crippen LogP contribution in [0.5, 0.6) is 17.2 Å². The van der Waals surface area contributed by atoms with Gasteiger partial charge in [-0.15, -0.1) is 0 Å². The number of amides is 1. The Balaban J connectivity index is 2.02. The molecule has 0 aromatic heterocycles. The first-order valence-corrected chi connectivity index (χ1v) is 8.81. The first-order chi connectivity index (χ1) is 14.3. The Morgan fingerprint density at radius 3 is 2.30 bits per heavy atom. The van der Waals surface area contributed by atoms with Crippen molar-refractivity contribution in [2.45, 2.75) is 13.0 Å². The Labute approximate surface area is 172 Å². The molecule has 0 saturated carbocycles. The molecule has 2 rings (SSSR count). The quantitative estimate of drug-likeness (QED) is 0.374. The molecule has 1 amide bonds. The van der Waals surface area contributed by atoms with Crippen LogP contribution in [0.15, 0.2) is 36.4 Å². The molecule has 0 heterocycles. The second-order valence-corrected chi connectivity index (χ2v) is 6.12. The minimum atomic E-state index is -0.873. The summed E-state index contributed by atoms with van der Waals surface area (Å²) >= 11 is 0. The van der Waals surface area contributed by atoms with Gasteiger partial charge in [0.25, 0.3) is 5.91 Å². The number of benzene rings is 2. The van der Waals surface area contributed by atoms with Crippen LogP contribution in [-0.4, -0.2) is 44.7 Å². The van der Waals surface area contributed by atoms with E-state index in [1.54, 1.807) is 25.1 Å². The third kappa shape index (κ3) is 5.37. The number of methoxy groups -OCH3 is 3. The summed E-state index contributed by atoms with van der Waals surface area (Å²) < 4.78 is 20.3. The van der Waals surface area contributed by atoms with Gasteiger partial charge < -0.3 is 24.3 Å². The molecule has 0 aliphatic carbocycles. The predicted octanol–water partition coefficient (Wildman–Crippen LogP) is 2.65. The van der Waals surface area contributed by atoms with Gasteiger partial charge in [0.05, 0.1) is 37.9 Å². The van der Waals surface area contributed by atoms with Crippen LogP contribution in [-0.2, 0) is 9.53 Å². The average Bonchev–Trinajstić information content (AvgIpc) is 2.76. The zero-order valence-electron chi connectivity index (χ0n) is 17.0. The van der Waals surface area contributed by atoms with E-state index in [1.807, 2.05) is 0 Å². The minimum absolute atomic E-state index is 0.00959. The molecule has 30 heavy (non-hydrogen) atoms. The number of hydrogen-bond donors (Lipinski definition) is 1. The highest BCUT2D eigenvalue weighted by molar-refractivity contribution is 5.92. The molecule has 0 saturated heterocycles. The molecular weight excluding hydrogens is 396 g/mol. The number of esters is 1. The van der Waals surface area contributed by atoms with Gasteiger partial charge in [-0.25, -0.2) is 4.79 Å². The topological polar surface area (TPSA) is 126 Å². The van der Waals surface area contributed by atoms with Crippen molar-refractivity contribution in [1.82, 2.24) is 5.32 Å². The molecule has 2 aromatic rings. The summed E-state index contributed by atoms with van der Waals surface area (Å²) in [6, 6.07) is 8.35. The molecule has 160 valence electrons. The molecule has 0 bridgehead atoms. The number of nitrogens with one attached hydrogen (secondary N) is 1. The van der Waals surface area contributed by atoms with Gasteiger partial charge in [-0.05, 0) is 37.3 Å². The third-order valence-electron chi connectivity index (χ3n) is 4.23. The SMILES string of the molecule is COc1ccc(OC)c([C@@H](C)NC(=O)COC(=O)c2ccc(OC)c([N+](=O)[O-])c2)c1.